The maximum atomic E-state index is 11.7. The first-order valence-corrected chi connectivity index (χ1v) is 6.45. The lowest BCUT2D eigenvalue weighted by Gasteiger charge is -2.14. The summed E-state index contributed by atoms with van der Waals surface area (Å²) in [7, 11) is 0. The second-order valence-corrected chi connectivity index (χ2v) is 4.43. The number of hydrogen-bond donors (Lipinski definition) is 2. The Kier molecular flexibility index (Phi) is 5.95. The minimum Gasteiger partial charge on any atom is -0.491 e. The second-order valence-electron chi connectivity index (χ2n) is 3.99. The fourth-order valence-corrected chi connectivity index (χ4v) is 1.52. The van der Waals surface area contributed by atoms with Crippen LogP contribution in [-0.4, -0.2) is 18.6 Å². The van der Waals surface area contributed by atoms with E-state index < -0.39 is 6.04 Å². The van der Waals surface area contributed by atoms with Gasteiger partial charge in [0.25, 0.3) is 0 Å². The van der Waals surface area contributed by atoms with Gasteiger partial charge in [0.05, 0.1) is 18.3 Å². The molecule has 0 unspecified atom stereocenters. The molecule has 1 aromatic rings. The lowest BCUT2D eigenvalue weighted by Crippen LogP contribution is -2.34. The molecule has 5 heteroatoms. The van der Waals surface area contributed by atoms with Gasteiger partial charge in [-0.1, -0.05) is 25.4 Å². The minimum absolute atomic E-state index is 0.235. The molecule has 1 aromatic carbocycles. The molecule has 1 rings (SSSR count). The molecule has 100 valence electrons. The molecule has 0 heterocycles. The van der Waals surface area contributed by atoms with Crippen LogP contribution in [0.15, 0.2) is 18.2 Å². The zero-order valence-corrected chi connectivity index (χ0v) is 11.5. The van der Waals surface area contributed by atoms with Gasteiger partial charge in [0, 0.05) is 5.02 Å². The second kappa shape index (κ2) is 7.24. The lowest BCUT2D eigenvalue weighted by atomic mass is 10.2. The van der Waals surface area contributed by atoms with Gasteiger partial charge < -0.3 is 15.8 Å². The molecule has 0 fully saturated rings. The van der Waals surface area contributed by atoms with Crippen molar-refractivity contribution in [3.8, 4) is 5.75 Å². The van der Waals surface area contributed by atoms with Crippen LogP contribution in [0, 0.1) is 0 Å². The molecule has 0 saturated carbocycles. The third-order valence-corrected chi connectivity index (χ3v) is 2.67. The van der Waals surface area contributed by atoms with Crippen LogP contribution >= 0.6 is 11.6 Å². The zero-order chi connectivity index (χ0) is 13.5. The van der Waals surface area contributed by atoms with E-state index in [2.05, 4.69) is 5.32 Å². The highest BCUT2D eigenvalue weighted by atomic mass is 35.5. The number of benzene rings is 1. The largest absolute Gasteiger partial charge is 0.491 e. The number of nitrogens with one attached hydrogen (secondary N) is 1. The van der Waals surface area contributed by atoms with Crippen molar-refractivity contribution in [1.29, 1.82) is 0 Å². The fraction of sp³-hybridized carbons (Fsp3) is 0.462. The van der Waals surface area contributed by atoms with Gasteiger partial charge in [0.15, 0.2) is 0 Å². The standard InChI is InChI=1S/C13H19ClN2O2/c1-3-7-18-12-6-5-9(14)8-11(12)16-13(17)10(15)4-2/h5-6,8,10H,3-4,7,15H2,1-2H3,(H,16,17)/t10-/m1/s1. The summed E-state index contributed by atoms with van der Waals surface area (Å²) in [6, 6.07) is 4.60. The number of nitrogens with two attached hydrogens (primary N) is 1. The molecule has 0 aliphatic rings. The van der Waals surface area contributed by atoms with Crippen molar-refractivity contribution >= 4 is 23.2 Å². The van der Waals surface area contributed by atoms with Crippen LogP contribution in [-0.2, 0) is 4.79 Å². The molecule has 1 atom stereocenters. The average Bonchev–Trinajstić information content (AvgIpc) is 2.36. The Bertz CT molecular complexity index is 410. The van der Waals surface area contributed by atoms with Crippen LogP contribution in [0.4, 0.5) is 5.69 Å². The smallest absolute Gasteiger partial charge is 0.241 e. The molecule has 3 N–H and O–H groups in total. The number of carbonyl (C=O) groups is 1. The van der Waals surface area contributed by atoms with Gasteiger partial charge >= 0.3 is 0 Å². The number of halogens is 1. The average molecular weight is 271 g/mol. The van der Waals surface area contributed by atoms with Crippen LogP contribution in [0.2, 0.25) is 5.02 Å². The highest BCUT2D eigenvalue weighted by Gasteiger charge is 2.14. The van der Waals surface area contributed by atoms with E-state index in [9.17, 15) is 4.79 Å². The third kappa shape index (κ3) is 4.20. The Morgan fingerprint density at radius 2 is 2.22 bits per heavy atom. The van der Waals surface area contributed by atoms with Crippen LogP contribution in [0.25, 0.3) is 0 Å². The van der Waals surface area contributed by atoms with Crippen LogP contribution < -0.4 is 15.8 Å². The molecule has 0 aliphatic carbocycles. The summed E-state index contributed by atoms with van der Waals surface area (Å²) in [6.07, 6.45) is 1.47. The first-order valence-electron chi connectivity index (χ1n) is 6.07. The molecule has 0 saturated heterocycles. The van der Waals surface area contributed by atoms with Crippen LogP contribution in [0.3, 0.4) is 0 Å². The van der Waals surface area contributed by atoms with Gasteiger partial charge in [-0.2, -0.15) is 0 Å². The number of ether oxygens (including phenoxy) is 1. The Morgan fingerprint density at radius 3 is 2.83 bits per heavy atom. The Morgan fingerprint density at radius 1 is 1.50 bits per heavy atom. The summed E-state index contributed by atoms with van der Waals surface area (Å²) in [4.78, 5) is 11.7. The zero-order valence-electron chi connectivity index (χ0n) is 10.7. The predicted molar refractivity (Wildman–Crippen MR) is 74.1 cm³/mol. The van der Waals surface area contributed by atoms with E-state index in [1.54, 1.807) is 18.2 Å². The van der Waals surface area contributed by atoms with Crippen molar-refractivity contribution < 1.29 is 9.53 Å². The quantitative estimate of drug-likeness (QED) is 0.835. The highest BCUT2D eigenvalue weighted by Crippen LogP contribution is 2.28. The normalized spacial score (nSPS) is 12.0. The minimum atomic E-state index is -0.525. The number of rotatable bonds is 6. The van der Waals surface area contributed by atoms with Gasteiger partial charge in [-0.05, 0) is 31.0 Å². The van der Waals surface area contributed by atoms with Gasteiger partial charge in [0.1, 0.15) is 5.75 Å². The molecular formula is C13H19ClN2O2. The van der Waals surface area contributed by atoms with Crippen LogP contribution in [0.5, 0.6) is 5.75 Å². The summed E-state index contributed by atoms with van der Waals surface area (Å²) in [5, 5.41) is 3.28. The van der Waals surface area contributed by atoms with Crippen LogP contribution in [0.1, 0.15) is 26.7 Å². The van der Waals surface area contributed by atoms with E-state index in [4.69, 9.17) is 22.1 Å². The molecule has 0 bridgehead atoms. The maximum Gasteiger partial charge on any atom is 0.241 e. The van der Waals surface area contributed by atoms with E-state index in [0.717, 1.165) is 6.42 Å². The van der Waals surface area contributed by atoms with Crippen molar-refractivity contribution in [1.82, 2.24) is 0 Å². The molecule has 18 heavy (non-hydrogen) atoms. The molecule has 1 amide bonds. The van der Waals surface area contributed by atoms with E-state index in [1.807, 2.05) is 13.8 Å². The topological polar surface area (TPSA) is 64.3 Å². The molecule has 0 aromatic heterocycles. The van der Waals surface area contributed by atoms with Gasteiger partial charge in [-0.25, -0.2) is 0 Å². The Balaban J connectivity index is 2.84. The summed E-state index contributed by atoms with van der Waals surface area (Å²) in [5.41, 5.74) is 6.23. The molecular weight excluding hydrogens is 252 g/mol. The number of carbonyl (C=O) groups excluding carboxylic acids is 1. The highest BCUT2D eigenvalue weighted by molar-refractivity contribution is 6.31. The van der Waals surface area contributed by atoms with Gasteiger partial charge in [0.2, 0.25) is 5.91 Å². The van der Waals surface area contributed by atoms with E-state index in [0.29, 0.717) is 29.5 Å². The number of hydrogen-bond acceptors (Lipinski definition) is 3. The lowest BCUT2D eigenvalue weighted by molar-refractivity contribution is -0.117. The number of anilines is 1. The third-order valence-electron chi connectivity index (χ3n) is 2.44. The monoisotopic (exact) mass is 270 g/mol. The Hall–Kier alpha value is -1.26. The summed E-state index contributed by atoms with van der Waals surface area (Å²) >= 11 is 5.91. The van der Waals surface area contributed by atoms with E-state index in [1.165, 1.54) is 0 Å². The van der Waals surface area contributed by atoms with Crippen molar-refractivity contribution in [3.63, 3.8) is 0 Å². The summed E-state index contributed by atoms with van der Waals surface area (Å²) < 4.78 is 5.54. The molecule has 4 nitrogen and oxygen atoms in total. The Labute approximate surface area is 112 Å². The SMILES string of the molecule is CCCOc1ccc(Cl)cc1NC(=O)[C@H](N)CC. The first kappa shape index (κ1) is 14.8. The van der Waals surface area contributed by atoms with Crippen molar-refractivity contribution in [2.24, 2.45) is 5.73 Å². The molecule has 0 spiro atoms. The summed E-state index contributed by atoms with van der Waals surface area (Å²) in [5.74, 6) is 0.374. The predicted octanol–water partition coefficient (Wildman–Crippen LogP) is 2.80. The fourth-order valence-electron chi connectivity index (χ4n) is 1.35. The van der Waals surface area contributed by atoms with Gasteiger partial charge in [-0.15, -0.1) is 0 Å². The van der Waals surface area contributed by atoms with E-state index in [-0.39, 0.29) is 5.91 Å². The maximum absolute atomic E-state index is 11.7. The number of amides is 1. The molecule has 0 radical (unpaired) electrons. The molecule has 0 aliphatic heterocycles. The van der Waals surface area contributed by atoms with Crippen molar-refractivity contribution in [2.45, 2.75) is 32.7 Å². The first-order chi connectivity index (χ1) is 8.58. The van der Waals surface area contributed by atoms with Gasteiger partial charge in [-0.3, -0.25) is 4.79 Å². The van der Waals surface area contributed by atoms with Crippen molar-refractivity contribution in [2.75, 3.05) is 11.9 Å². The van der Waals surface area contributed by atoms with Crippen molar-refractivity contribution in [3.05, 3.63) is 23.2 Å². The van der Waals surface area contributed by atoms with E-state index >= 15 is 0 Å². The summed E-state index contributed by atoms with van der Waals surface area (Å²) in [6.45, 7) is 4.46.